The molecule has 1 saturated heterocycles. The van der Waals surface area contributed by atoms with Crippen LogP contribution < -0.4 is 0 Å². The molecule has 4 atom stereocenters. The van der Waals surface area contributed by atoms with Crippen molar-refractivity contribution in [2.45, 2.75) is 6.42 Å². The number of hydrogen-bond acceptors (Lipinski definition) is 5. The lowest BCUT2D eigenvalue weighted by Gasteiger charge is -2.13. The maximum absolute atomic E-state index is 12.9. The number of benzene rings is 1. The van der Waals surface area contributed by atoms with E-state index >= 15 is 0 Å². The van der Waals surface area contributed by atoms with Crippen LogP contribution in [0.4, 0.5) is 0 Å². The number of carbonyl (C=O) groups excluding carboxylic acids is 2. The summed E-state index contributed by atoms with van der Waals surface area (Å²) in [5, 5.41) is 12.2. The first-order valence-corrected chi connectivity index (χ1v) is 10.9. The van der Waals surface area contributed by atoms with Gasteiger partial charge in [-0.25, -0.2) is 4.68 Å². The molecule has 2 fully saturated rings. The number of rotatable bonds is 4. The monoisotopic (exact) mass is 414 g/mol. The zero-order valence-electron chi connectivity index (χ0n) is 16.0. The van der Waals surface area contributed by atoms with Gasteiger partial charge in [0.05, 0.1) is 28.6 Å². The molecule has 7 heteroatoms. The molecular formula is C23H18N4O2S. The summed E-state index contributed by atoms with van der Waals surface area (Å²) in [4.78, 5) is 26.8. The summed E-state index contributed by atoms with van der Waals surface area (Å²) >= 11 is 1.59. The molecule has 3 aromatic rings. The Hall–Kier alpha value is -3.32. The van der Waals surface area contributed by atoms with E-state index < -0.39 is 0 Å². The number of hydrazone groups is 1. The number of para-hydroxylation sites is 1. The molecule has 3 heterocycles. The number of fused-ring (bicyclic) bond motifs is 5. The van der Waals surface area contributed by atoms with Crippen LogP contribution in [-0.4, -0.2) is 32.8 Å². The van der Waals surface area contributed by atoms with Gasteiger partial charge < -0.3 is 0 Å². The van der Waals surface area contributed by atoms with Gasteiger partial charge in [0.1, 0.15) is 5.69 Å². The van der Waals surface area contributed by atoms with E-state index in [-0.39, 0.29) is 35.5 Å². The number of thiophene rings is 1. The van der Waals surface area contributed by atoms with Gasteiger partial charge in [-0.1, -0.05) is 36.4 Å². The van der Waals surface area contributed by atoms with Crippen LogP contribution in [0.5, 0.6) is 0 Å². The van der Waals surface area contributed by atoms with Crippen LogP contribution in [0.3, 0.4) is 0 Å². The summed E-state index contributed by atoms with van der Waals surface area (Å²) in [7, 11) is 0. The number of amides is 2. The minimum Gasteiger partial charge on any atom is -0.272 e. The molecule has 4 unspecified atom stereocenters. The standard InChI is InChI=1S/C23H18N4O2S/c28-22-19-14-8-9-15(11-14)20(19)23(29)27(22)24-12-16-13-26(17-5-2-1-3-6-17)25-21(16)18-7-4-10-30-18/h1-10,12-15,19-20H,11H2/b24-12+. The van der Waals surface area contributed by atoms with Gasteiger partial charge in [0, 0.05) is 11.8 Å². The maximum Gasteiger partial charge on any atom is 0.254 e. The molecule has 30 heavy (non-hydrogen) atoms. The highest BCUT2D eigenvalue weighted by molar-refractivity contribution is 7.13. The Morgan fingerprint density at radius 3 is 2.40 bits per heavy atom. The highest BCUT2D eigenvalue weighted by Gasteiger charge is 2.59. The van der Waals surface area contributed by atoms with E-state index in [0.29, 0.717) is 0 Å². The Morgan fingerprint density at radius 2 is 1.73 bits per heavy atom. The Balaban J connectivity index is 1.36. The quantitative estimate of drug-likeness (QED) is 0.371. The van der Waals surface area contributed by atoms with Crippen molar-refractivity contribution in [3.8, 4) is 16.3 Å². The topological polar surface area (TPSA) is 67.6 Å². The zero-order valence-corrected chi connectivity index (χ0v) is 16.8. The molecule has 2 amide bonds. The predicted molar refractivity (Wildman–Crippen MR) is 114 cm³/mol. The SMILES string of the molecule is O=C1C2C3C=CC(C3)C2C(=O)N1/N=C/c1cn(-c2ccccc2)nc1-c1cccs1. The van der Waals surface area contributed by atoms with Crippen LogP contribution in [0.1, 0.15) is 12.0 Å². The van der Waals surface area contributed by atoms with Crippen molar-refractivity contribution >= 4 is 29.4 Å². The lowest BCUT2D eigenvalue weighted by Crippen LogP contribution is -2.28. The van der Waals surface area contributed by atoms with Crippen LogP contribution in [-0.2, 0) is 9.59 Å². The van der Waals surface area contributed by atoms with Crippen LogP contribution in [0.15, 0.2) is 71.3 Å². The van der Waals surface area contributed by atoms with Crippen LogP contribution in [0.25, 0.3) is 16.3 Å². The van der Waals surface area contributed by atoms with E-state index in [4.69, 9.17) is 5.10 Å². The third kappa shape index (κ3) is 2.55. The number of aromatic nitrogens is 2. The fourth-order valence-corrected chi connectivity index (χ4v) is 5.65. The molecule has 6 nitrogen and oxygen atoms in total. The summed E-state index contributed by atoms with van der Waals surface area (Å²) in [5.41, 5.74) is 2.47. The fraction of sp³-hybridized carbons (Fsp3) is 0.217. The van der Waals surface area contributed by atoms with Crippen LogP contribution >= 0.6 is 11.3 Å². The van der Waals surface area contributed by atoms with Crippen LogP contribution in [0, 0.1) is 23.7 Å². The smallest absolute Gasteiger partial charge is 0.254 e. The second-order valence-corrected chi connectivity index (χ2v) is 8.87. The first-order valence-electron chi connectivity index (χ1n) is 10.00. The second kappa shape index (κ2) is 6.60. The average molecular weight is 414 g/mol. The normalized spacial score (nSPS) is 27.0. The van der Waals surface area contributed by atoms with Crippen molar-refractivity contribution in [2.75, 3.05) is 0 Å². The highest BCUT2D eigenvalue weighted by Crippen LogP contribution is 2.52. The van der Waals surface area contributed by atoms with E-state index in [2.05, 4.69) is 17.3 Å². The predicted octanol–water partition coefficient (Wildman–Crippen LogP) is 3.74. The van der Waals surface area contributed by atoms with Gasteiger partial charge in [-0.2, -0.15) is 15.2 Å². The molecular weight excluding hydrogens is 396 g/mol. The summed E-state index contributed by atoms with van der Waals surface area (Å²) in [6, 6.07) is 13.8. The van der Waals surface area contributed by atoms with Gasteiger partial charge in [0.25, 0.3) is 11.8 Å². The van der Waals surface area contributed by atoms with E-state index in [9.17, 15) is 9.59 Å². The lowest BCUT2D eigenvalue weighted by molar-refractivity contribution is -0.140. The Kier molecular flexibility index (Phi) is 3.86. The Morgan fingerprint density at radius 1 is 1.00 bits per heavy atom. The van der Waals surface area contributed by atoms with E-state index in [1.54, 1.807) is 22.2 Å². The zero-order chi connectivity index (χ0) is 20.2. The summed E-state index contributed by atoms with van der Waals surface area (Å²) in [6.07, 6.45) is 8.56. The number of nitrogens with zero attached hydrogens (tertiary/aromatic N) is 4. The van der Waals surface area contributed by atoms with Crippen molar-refractivity contribution in [3.63, 3.8) is 0 Å². The van der Waals surface area contributed by atoms with Crippen LogP contribution in [0.2, 0.25) is 0 Å². The van der Waals surface area contributed by atoms with Crippen molar-refractivity contribution in [1.29, 1.82) is 0 Å². The van der Waals surface area contributed by atoms with E-state index in [1.807, 2.05) is 54.0 Å². The number of carbonyl (C=O) groups is 2. The van der Waals surface area contributed by atoms with Gasteiger partial charge in [-0.3, -0.25) is 9.59 Å². The van der Waals surface area contributed by atoms with Crippen molar-refractivity contribution in [3.05, 3.63) is 71.8 Å². The number of imide groups is 1. The molecule has 1 aromatic carbocycles. The van der Waals surface area contributed by atoms with E-state index in [0.717, 1.165) is 33.3 Å². The van der Waals surface area contributed by atoms with Crippen molar-refractivity contribution in [1.82, 2.24) is 14.8 Å². The average Bonchev–Trinajstić information content (AvgIpc) is 3.58. The fourth-order valence-electron chi connectivity index (χ4n) is 4.92. The third-order valence-electron chi connectivity index (χ3n) is 6.28. The molecule has 0 radical (unpaired) electrons. The molecule has 148 valence electrons. The molecule has 1 aliphatic heterocycles. The number of hydrogen-bond donors (Lipinski definition) is 0. The van der Waals surface area contributed by atoms with Gasteiger partial charge in [-0.15, -0.1) is 11.3 Å². The number of allylic oxidation sites excluding steroid dienone is 2. The lowest BCUT2D eigenvalue weighted by atomic mass is 9.85. The van der Waals surface area contributed by atoms with Crippen molar-refractivity contribution in [2.24, 2.45) is 28.8 Å². The maximum atomic E-state index is 12.9. The van der Waals surface area contributed by atoms with Gasteiger partial charge >= 0.3 is 0 Å². The minimum absolute atomic E-state index is 0.175. The summed E-state index contributed by atoms with van der Waals surface area (Å²) in [6.45, 7) is 0. The largest absolute Gasteiger partial charge is 0.272 e. The Bertz CT molecular complexity index is 1170. The first kappa shape index (κ1) is 17.5. The first-order chi connectivity index (χ1) is 14.7. The van der Waals surface area contributed by atoms with Gasteiger partial charge in [0.15, 0.2) is 0 Å². The van der Waals surface area contributed by atoms with E-state index in [1.165, 1.54) is 0 Å². The summed E-state index contributed by atoms with van der Waals surface area (Å²) in [5.74, 6) is -0.474. The molecule has 0 N–H and O–H groups in total. The summed E-state index contributed by atoms with van der Waals surface area (Å²) < 4.78 is 1.79. The van der Waals surface area contributed by atoms with Gasteiger partial charge in [-0.05, 0) is 41.8 Å². The molecule has 2 aromatic heterocycles. The molecule has 2 aliphatic carbocycles. The highest BCUT2D eigenvalue weighted by atomic mass is 32.1. The minimum atomic E-state index is -0.242. The molecule has 2 bridgehead atoms. The molecule has 6 rings (SSSR count). The molecule has 0 spiro atoms. The van der Waals surface area contributed by atoms with Crippen molar-refractivity contribution < 1.29 is 9.59 Å². The second-order valence-electron chi connectivity index (χ2n) is 7.92. The Labute approximate surface area is 177 Å². The molecule has 1 saturated carbocycles. The molecule has 3 aliphatic rings. The van der Waals surface area contributed by atoms with Gasteiger partial charge in [0.2, 0.25) is 0 Å². The third-order valence-corrected chi connectivity index (χ3v) is 7.15.